The summed E-state index contributed by atoms with van der Waals surface area (Å²) >= 11 is 0. The van der Waals surface area contributed by atoms with E-state index in [9.17, 15) is 4.79 Å². The summed E-state index contributed by atoms with van der Waals surface area (Å²) in [5.74, 6) is 2.36. The highest BCUT2D eigenvalue weighted by Crippen LogP contribution is 2.38. The Bertz CT molecular complexity index is 1030. The molecule has 1 saturated heterocycles. The minimum atomic E-state index is 0.000917. The first kappa shape index (κ1) is 16.2. The molecule has 0 atom stereocenters. The third-order valence-corrected chi connectivity index (χ3v) is 5.49. The van der Waals surface area contributed by atoms with Crippen molar-refractivity contribution >= 4 is 17.4 Å². The molecule has 140 valence electrons. The van der Waals surface area contributed by atoms with Crippen molar-refractivity contribution in [1.82, 2.24) is 34.5 Å². The summed E-state index contributed by atoms with van der Waals surface area (Å²) in [6.45, 7) is 3.42. The molecule has 4 heterocycles. The van der Waals surface area contributed by atoms with Crippen molar-refractivity contribution < 1.29 is 4.79 Å². The van der Waals surface area contributed by atoms with Gasteiger partial charge in [0, 0.05) is 33.1 Å². The molecule has 0 N–H and O–H groups in total. The lowest BCUT2D eigenvalue weighted by atomic mass is 10.1. The van der Waals surface area contributed by atoms with Crippen LogP contribution in [0.2, 0.25) is 0 Å². The van der Waals surface area contributed by atoms with Crippen LogP contribution in [0.4, 0.5) is 5.82 Å². The number of amides is 1. The number of carbonyl (C=O) groups excluding carboxylic acids is 1. The van der Waals surface area contributed by atoms with Crippen LogP contribution in [0.5, 0.6) is 0 Å². The lowest BCUT2D eigenvalue weighted by Gasteiger charge is -2.44. The Labute approximate surface area is 156 Å². The minimum Gasteiger partial charge on any atom is -0.351 e. The van der Waals surface area contributed by atoms with E-state index < -0.39 is 0 Å². The summed E-state index contributed by atoms with van der Waals surface area (Å²) in [5.41, 5.74) is 2.26. The number of carbonyl (C=O) groups is 1. The van der Waals surface area contributed by atoms with Gasteiger partial charge in [-0.05, 0) is 38.0 Å². The zero-order valence-corrected chi connectivity index (χ0v) is 15.7. The van der Waals surface area contributed by atoms with Gasteiger partial charge in [-0.1, -0.05) is 0 Å². The first-order valence-electron chi connectivity index (χ1n) is 9.26. The van der Waals surface area contributed by atoms with Gasteiger partial charge in [0.25, 0.3) is 5.91 Å². The van der Waals surface area contributed by atoms with Crippen LogP contribution in [-0.4, -0.2) is 66.6 Å². The standard InChI is InChI=1S/C18H22N8O/c1-11-8-14(24(3)21-11)18(27)23(2)13-9-25(10-13)16-7-6-15-19-20-17(12-4-5-12)26(15)22-16/h6-8,12-13H,4-5,9-10H2,1-3H3. The molecule has 3 aromatic heterocycles. The maximum atomic E-state index is 12.7. The largest absolute Gasteiger partial charge is 0.351 e. The molecule has 5 rings (SSSR count). The van der Waals surface area contributed by atoms with E-state index in [-0.39, 0.29) is 11.9 Å². The van der Waals surface area contributed by atoms with Crippen molar-refractivity contribution in [2.24, 2.45) is 7.05 Å². The summed E-state index contributed by atoms with van der Waals surface area (Å²) < 4.78 is 3.51. The van der Waals surface area contributed by atoms with Gasteiger partial charge in [0.15, 0.2) is 11.5 Å². The number of rotatable bonds is 4. The van der Waals surface area contributed by atoms with E-state index in [1.807, 2.05) is 36.7 Å². The fourth-order valence-corrected chi connectivity index (χ4v) is 3.61. The summed E-state index contributed by atoms with van der Waals surface area (Å²) in [7, 11) is 3.66. The minimum absolute atomic E-state index is 0.000917. The second-order valence-electron chi connectivity index (χ2n) is 7.56. The number of hydrogen-bond acceptors (Lipinski definition) is 6. The van der Waals surface area contributed by atoms with E-state index in [0.29, 0.717) is 11.6 Å². The molecular formula is C18H22N8O. The second-order valence-corrected chi connectivity index (χ2v) is 7.56. The van der Waals surface area contributed by atoms with Crippen LogP contribution < -0.4 is 4.90 Å². The van der Waals surface area contributed by atoms with Crippen molar-refractivity contribution in [2.45, 2.75) is 31.7 Å². The fourth-order valence-electron chi connectivity index (χ4n) is 3.61. The molecule has 27 heavy (non-hydrogen) atoms. The molecule has 1 aliphatic carbocycles. The lowest BCUT2D eigenvalue weighted by molar-refractivity contribution is 0.0694. The molecule has 9 nitrogen and oxygen atoms in total. The Kier molecular flexibility index (Phi) is 3.46. The number of anilines is 1. The molecule has 0 radical (unpaired) electrons. The highest BCUT2D eigenvalue weighted by Gasteiger charge is 2.35. The van der Waals surface area contributed by atoms with Crippen LogP contribution in [-0.2, 0) is 7.05 Å². The first-order chi connectivity index (χ1) is 13.0. The van der Waals surface area contributed by atoms with E-state index in [2.05, 4.69) is 20.2 Å². The molecular weight excluding hydrogens is 344 g/mol. The topological polar surface area (TPSA) is 84.5 Å². The predicted molar refractivity (Wildman–Crippen MR) is 98.8 cm³/mol. The zero-order valence-electron chi connectivity index (χ0n) is 15.7. The Hall–Kier alpha value is -2.97. The Morgan fingerprint density at radius 2 is 1.96 bits per heavy atom. The number of aryl methyl sites for hydroxylation is 2. The SMILES string of the molecule is Cc1cc(C(=O)N(C)C2CN(c3ccc4nnc(C5CC5)n4n3)C2)n(C)n1. The van der Waals surface area contributed by atoms with E-state index in [1.165, 1.54) is 12.8 Å². The first-order valence-corrected chi connectivity index (χ1v) is 9.26. The number of nitrogens with zero attached hydrogens (tertiary/aromatic N) is 8. The third kappa shape index (κ3) is 2.65. The monoisotopic (exact) mass is 366 g/mol. The van der Waals surface area contributed by atoms with Crippen LogP contribution in [0.1, 0.15) is 40.8 Å². The smallest absolute Gasteiger partial charge is 0.272 e. The van der Waals surface area contributed by atoms with E-state index in [1.54, 1.807) is 16.6 Å². The maximum absolute atomic E-state index is 12.7. The van der Waals surface area contributed by atoms with Crippen molar-refractivity contribution in [1.29, 1.82) is 0 Å². The number of likely N-dealkylation sites (N-methyl/N-ethyl adjacent to an activating group) is 1. The van der Waals surface area contributed by atoms with Gasteiger partial charge in [-0.2, -0.15) is 9.61 Å². The van der Waals surface area contributed by atoms with Crippen molar-refractivity contribution in [3.8, 4) is 0 Å². The van der Waals surface area contributed by atoms with E-state index >= 15 is 0 Å². The molecule has 2 aliphatic rings. The van der Waals surface area contributed by atoms with Gasteiger partial charge in [0.1, 0.15) is 11.5 Å². The summed E-state index contributed by atoms with van der Waals surface area (Å²) in [4.78, 5) is 16.7. The Morgan fingerprint density at radius 1 is 1.19 bits per heavy atom. The van der Waals surface area contributed by atoms with Gasteiger partial charge in [-0.15, -0.1) is 15.3 Å². The van der Waals surface area contributed by atoms with E-state index in [0.717, 1.165) is 36.1 Å². The average Bonchev–Trinajstić information content (AvgIpc) is 3.27. The summed E-state index contributed by atoms with van der Waals surface area (Å²) in [6.07, 6.45) is 2.33. The highest BCUT2D eigenvalue weighted by atomic mass is 16.2. The van der Waals surface area contributed by atoms with Crippen LogP contribution in [0, 0.1) is 6.92 Å². The predicted octanol–water partition coefficient (Wildman–Crippen LogP) is 1.00. The fraction of sp³-hybridized carbons (Fsp3) is 0.500. The van der Waals surface area contributed by atoms with Gasteiger partial charge in [-0.25, -0.2) is 0 Å². The average molecular weight is 366 g/mol. The number of aromatic nitrogens is 6. The van der Waals surface area contributed by atoms with Gasteiger partial charge in [0.05, 0.1) is 11.7 Å². The molecule has 2 fully saturated rings. The lowest BCUT2D eigenvalue weighted by Crippen LogP contribution is -2.60. The van der Waals surface area contributed by atoms with Gasteiger partial charge >= 0.3 is 0 Å². The molecule has 1 saturated carbocycles. The molecule has 0 bridgehead atoms. The third-order valence-electron chi connectivity index (χ3n) is 5.49. The molecule has 9 heteroatoms. The van der Waals surface area contributed by atoms with Crippen molar-refractivity contribution in [2.75, 3.05) is 25.0 Å². The summed E-state index contributed by atoms with van der Waals surface area (Å²) in [6, 6.07) is 5.93. The molecule has 1 aliphatic heterocycles. The zero-order chi connectivity index (χ0) is 18.7. The van der Waals surface area contributed by atoms with Crippen molar-refractivity contribution in [3.63, 3.8) is 0 Å². The quantitative estimate of drug-likeness (QED) is 0.685. The Morgan fingerprint density at radius 3 is 2.63 bits per heavy atom. The molecule has 1 amide bonds. The highest BCUT2D eigenvalue weighted by molar-refractivity contribution is 5.93. The normalized spacial score (nSPS) is 17.4. The molecule has 0 aromatic carbocycles. The number of fused-ring (bicyclic) bond motifs is 1. The van der Waals surface area contributed by atoms with Crippen LogP contribution in [0.15, 0.2) is 18.2 Å². The van der Waals surface area contributed by atoms with Gasteiger partial charge < -0.3 is 9.80 Å². The molecule has 0 unspecified atom stereocenters. The van der Waals surface area contributed by atoms with Crippen LogP contribution in [0.3, 0.4) is 0 Å². The Balaban J connectivity index is 1.30. The van der Waals surface area contributed by atoms with Gasteiger partial charge in [0.2, 0.25) is 0 Å². The van der Waals surface area contributed by atoms with Crippen LogP contribution >= 0.6 is 0 Å². The van der Waals surface area contributed by atoms with E-state index in [4.69, 9.17) is 5.10 Å². The van der Waals surface area contributed by atoms with Crippen LogP contribution in [0.25, 0.3) is 5.65 Å². The maximum Gasteiger partial charge on any atom is 0.272 e. The second kappa shape index (κ2) is 5.77. The molecule has 3 aromatic rings. The van der Waals surface area contributed by atoms with Crippen molar-refractivity contribution in [3.05, 3.63) is 35.4 Å². The molecule has 0 spiro atoms. The summed E-state index contributed by atoms with van der Waals surface area (Å²) in [5, 5.41) is 17.5. The number of hydrogen-bond donors (Lipinski definition) is 0. The van der Waals surface area contributed by atoms with Gasteiger partial charge in [-0.3, -0.25) is 9.48 Å².